The van der Waals surface area contributed by atoms with Gasteiger partial charge in [-0.25, -0.2) is 4.79 Å². The summed E-state index contributed by atoms with van der Waals surface area (Å²) in [6.07, 6.45) is 2.54. The van der Waals surface area contributed by atoms with Crippen molar-refractivity contribution < 1.29 is 14.6 Å². The van der Waals surface area contributed by atoms with Crippen molar-refractivity contribution in [2.75, 3.05) is 0 Å². The van der Waals surface area contributed by atoms with Crippen LogP contribution in [0.25, 0.3) is 0 Å². The Labute approximate surface area is 111 Å². The van der Waals surface area contributed by atoms with Crippen LogP contribution in [0.4, 0.5) is 0 Å². The lowest BCUT2D eigenvalue weighted by Crippen LogP contribution is -1.96. The summed E-state index contributed by atoms with van der Waals surface area (Å²) in [6, 6.07) is 14.0. The third-order valence-electron chi connectivity index (χ3n) is 2.67. The van der Waals surface area contributed by atoms with Crippen molar-refractivity contribution in [3.63, 3.8) is 0 Å². The third-order valence-corrected chi connectivity index (χ3v) is 2.67. The fourth-order valence-corrected chi connectivity index (χ4v) is 1.72. The molecule has 0 amide bonds. The predicted octanol–water partition coefficient (Wildman–Crippen LogP) is 3.91. The highest BCUT2D eigenvalue weighted by atomic mass is 16.5. The summed E-state index contributed by atoms with van der Waals surface area (Å²) in [5, 5.41) is 8.83. The quantitative estimate of drug-likeness (QED) is 0.823. The number of rotatable bonds is 5. The van der Waals surface area contributed by atoms with Gasteiger partial charge in [-0.2, -0.15) is 0 Å². The van der Waals surface area contributed by atoms with Crippen LogP contribution in [0.1, 0.15) is 15.9 Å². The van der Waals surface area contributed by atoms with Crippen molar-refractivity contribution in [1.29, 1.82) is 0 Å². The average molecular weight is 254 g/mol. The highest BCUT2D eigenvalue weighted by Crippen LogP contribution is 2.26. The smallest absolute Gasteiger partial charge is 0.335 e. The van der Waals surface area contributed by atoms with Gasteiger partial charge in [-0.15, -0.1) is 6.58 Å². The lowest BCUT2D eigenvalue weighted by atomic mass is 10.1. The molecule has 1 N–H and O–H groups in total. The topological polar surface area (TPSA) is 46.5 Å². The normalized spacial score (nSPS) is 9.89. The van der Waals surface area contributed by atoms with E-state index in [0.29, 0.717) is 5.75 Å². The Kier molecular flexibility index (Phi) is 3.98. The van der Waals surface area contributed by atoms with Gasteiger partial charge in [-0.05, 0) is 42.3 Å². The maximum Gasteiger partial charge on any atom is 0.335 e. The zero-order valence-electron chi connectivity index (χ0n) is 10.4. The average Bonchev–Trinajstić information content (AvgIpc) is 2.42. The van der Waals surface area contributed by atoms with E-state index in [1.807, 2.05) is 30.3 Å². The van der Waals surface area contributed by atoms with Crippen LogP contribution in [0, 0.1) is 0 Å². The molecule has 0 saturated heterocycles. The molecular weight excluding hydrogens is 240 g/mol. The molecule has 0 heterocycles. The lowest BCUT2D eigenvalue weighted by Gasteiger charge is -2.10. The summed E-state index contributed by atoms with van der Waals surface area (Å²) in [5.74, 6) is 0.422. The van der Waals surface area contributed by atoms with Crippen LogP contribution < -0.4 is 4.74 Å². The number of hydrogen-bond donors (Lipinski definition) is 1. The van der Waals surface area contributed by atoms with Crippen LogP contribution in [0.3, 0.4) is 0 Å². The van der Waals surface area contributed by atoms with Crippen LogP contribution in [-0.4, -0.2) is 11.1 Å². The Morgan fingerprint density at radius 3 is 2.47 bits per heavy atom. The predicted molar refractivity (Wildman–Crippen MR) is 73.8 cm³/mol. The second-order valence-electron chi connectivity index (χ2n) is 4.03. The first-order chi connectivity index (χ1) is 9.20. The molecule has 0 fully saturated rings. The van der Waals surface area contributed by atoms with Crippen LogP contribution in [-0.2, 0) is 6.42 Å². The molecular formula is C16H14O3. The van der Waals surface area contributed by atoms with Gasteiger partial charge in [0.05, 0.1) is 5.56 Å². The molecule has 19 heavy (non-hydrogen) atoms. The Hall–Kier alpha value is -2.55. The molecule has 96 valence electrons. The first-order valence-electron chi connectivity index (χ1n) is 5.90. The van der Waals surface area contributed by atoms with Crippen LogP contribution in [0.5, 0.6) is 11.5 Å². The molecule has 0 aliphatic rings. The molecule has 0 bridgehead atoms. The number of hydrogen-bond acceptors (Lipinski definition) is 2. The van der Waals surface area contributed by atoms with Crippen LogP contribution in [0.2, 0.25) is 0 Å². The summed E-state index contributed by atoms with van der Waals surface area (Å²) in [5.41, 5.74) is 1.28. The van der Waals surface area contributed by atoms with E-state index in [1.165, 1.54) is 12.1 Å². The maximum absolute atomic E-state index is 10.8. The monoisotopic (exact) mass is 254 g/mol. The van der Waals surface area contributed by atoms with E-state index in [4.69, 9.17) is 9.84 Å². The number of allylic oxidation sites excluding steroid dienone is 1. The fourth-order valence-electron chi connectivity index (χ4n) is 1.72. The van der Waals surface area contributed by atoms with Gasteiger partial charge in [0.25, 0.3) is 0 Å². The van der Waals surface area contributed by atoms with Gasteiger partial charge >= 0.3 is 5.97 Å². The zero-order chi connectivity index (χ0) is 13.7. The Bertz CT molecular complexity index is 585. The van der Waals surface area contributed by atoms with Gasteiger partial charge in [-0.3, -0.25) is 0 Å². The molecule has 0 spiro atoms. The molecule has 0 saturated carbocycles. The largest absolute Gasteiger partial charge is 0.478 e. The van der Waals surface area contributed by atoms with Gasteiger partial charge in [-0.1, -0.05) is 24.3 Å². The molecule has 2 aromatic rings. The third kappa shape index (κ3) is 3.22. The van der Waals surface area contributed by atoms with Crippen molar-refractivity contribution in [3.8, 4) is 11.5 Å². The van der Waals surface area contributed by atoms with E-state index in [0.717, 1.165) is 17.7 Å². The number of aromatic carboxylic acids is 1. The van der Waals surface area contributed by atoms with Crippen molar-refractivity contribution in [1.82, 2.24) is 0 Å². The molecule has 2 rings (SSSR count). The van der Waals surface area contributed by atoms with Crippen molar-refractivity contribution in [2.24, 2.45) is 0 Å². The van der Waals surface area contributed by atoms with Crippen LogP contribution >= 0.6 is 0 Å². The Morgan fingerprint density at radius 2 is 1.84 bits per heavy atom. The van der Waals surface area contributed by atoms with E-state index in [1.54, 1.807) is 12.1 Å². The van der Waals surface area contributed by atoms with Crippen molar-refractivity contribution in [2.45, 2.75) is 6.42 Å². The maximum atomic E-state index is 10.8. The van der Waals surface area contributed by atoms with E-state index >= 15 is 0 Å². The first-order valence-corrected chi connectivity index (χ1v) is 5.90. The summed E-state index contributed by atoms with van der Waals surface area (Å²) in [6.45, 7) is 3.71. The van der Waals surface area contributed by atoms with E-state index in [-0.39, 0.29) is 5.56 Å². The standard InChI is InChI=1S/C16H14O3/c1-2-5-12-6-3-4-7-15(12)19-14-10-8-13(9-11-14)16(17)18/h2-4,6-11H,1,5H2,(H,17,18). The van der Waals surface area contributed by atoms with Gasteiger partial charge in [0.2, 0.25) is 0 Å². The second-order valence-corrected chi connectivity index (χ2v) is 4.03. The lowest BCUT2D eigenvalue weighted by molar-refractivity contribution is 0.0697. The summed E-state index contributed by atoms with van der Waals surface area (Å²) >= 11 is 0. The number of carboxylic acids is 1. The molecule has 0 radical (unpaired) electrons. The summed E-state index contributed by atoms with van der Waals surface area (Å²) in [7, 11) is 0. The van der Waals surface area contributed by atoms with E-state index < -0.39 is 5.97 Å². The minimum Gasteiger partial charge on any atom is -0.478 e. The number of carbonyl (C=O) groups is 1. The number of para-hydroxylation sites is 1. The molecule has 3 heteroatoms. The van der Waals surface area contributed by atoms with Crippen LogP contribution in [0.15, 0.2) is 61.2 Å². The van der Waals surface area contributed by atoms with Gasteiger partial charge < -0.3 is 9.84 Å². The van der Waals surface area contributed by atoms with Gasteiger partial charge in [0.15, 0.2) is 0 Å². The van der Waals surface area contributed by atoms with Gasteiger partial charge in [0.1, 0.15) is 11.5 Å². The molecule has 0 atom stereocenters. The number of benzene rings is 2. The Morgan fingerprint density at radius 1 is 1.16 bits per heavy atom. The van der Waals surface area contributed by atoms with Crippen molar-refractivity contribution >= 4 is 5.97 Å². The highest BCUT2D eigenvalue weighted by molar-refractivity contribution is 5.87. The molecule has 0 aromatic heterocycles. The van der Waals surface area contributed by atoms with E-state index in [9.17, 15) is 4.79 Å². The number of ether oxygens (including phenoxy) is 1. The van der Waals surface area contributed by atoms with Gasteiger partial charge in [0, 0.05) is 0 Å². The van der Waals surface area contributed by atoms with E-state index in [2.05, 4.69) is 6.58 Å². The molecule has 0 aliphatic heterocycles. The summed E-state index contributed by atoms with van der Waals surface area (Å²) < 4.78 is 5.76. The SMILES string of the molecule is C=CCc1ccccc1Oc1ccc(C(=O)O)cc1. The Balaban J connectivity index is 2.21. The summed E-state index contributed by atoms with van der Waals surface area (Å²) in [4.78, 5) is 10.8. The second kappa shape index (κ2) is 5.87. The molecule has 0 unspecified atom stereocenters. The molecule has 3 nitrogen and oxygen atoms in total. The minimum atomic E-state index is -0.946. The highest BCUT2D eigenvalue weighted by Gasteiger charge is 2.05. The zero-order valence-corrected chi connectivity index (χ0v) is 10.4. The molecule has 2 aromatic carbocycles. The fraction of sp³-hybridized carbons (Fsp3) is 0.0625. The van der Waals surface area contributed by atoms with Crippen molar-refractivity contribution in [3.05, 3.63) is 72.3 Å². The molecule has 0 aliphatic carbocycles. The first kappa shape index (κ1) is 12.9. The number of carboxylic acid groups (broad SMARTS) is 1. The minimum absolute atomic E-state index is 0.242.